The summed E-state index contributed by atoms with van der Waals surface area (Å²) in [6.45, 7) is 1.48. The molecule has 0 saturated carbocycles. The molecule has 0 aliphatic carbocycles. The quantitative estimate of drug-likeness (QED) is 0.325. The molecule has 0 rings (SSSR count). The van der Waals surface area contributed by atoms with E-state index in [4.69, 9.17) is 16.7 Å². The van der Waals surface area contributed by atoms with E-state index in [1.165, 1.54) is 14.0 Å². The summed E-state index contributed by atoms with van der Waals surface area (Å²) < 4.78 is 4.28. The number of methoxy groups -OCH3 is 1. The number of aliphatic hydroxyl groups is 1. The van der Waals surface area contributed by atoms with Gasteiger partial charge in [-0.1, -0.05) is 0 Å². The summed E-state index contributed by atoms with van der Waals surface area (Å²) in [5.41, 5.74) is 0. The first-order valence-corrected chi connectivity index (χ1v) is 4.05. The molecule has 0 radical (unpaired) electrons. The fraction of sp³-hybridized carbons (Fsp3) is 0.500. The normalized spacial score (nSPS) is 13.6. The van der Waals surface area contributed by atoms with Crippen molar-refractivity contribution >= 4 is 23.4 Å². The van der Waals surface area contributed by atoms with Gasteiger partial charge in [0.15, 0.2) is 5.78 Å². The Hall–Kier alpha value is -1.03. The van der Waals surface area contributed by atoms with Crippen LogP contribution in [-0.2, 0) is 14.3 Å². The lowest BCUT2D eigenvalue weighted by atomic mass is 10.2. The van der Waals surface area contributed by atoms with Crippen molar-refractivity contribution < 1.29 is 19.4 Å². The number of ether oxygens (including phenoxy) is 1. The Labute approximate surface area is 81.1 Å². The third-order valence-corrected chi connectivity index (χ3v) is 1.47. The molecule has 74 valence electrons. The lowest BCUT2D eigenvalue weighted by Crippen LogP contribution is -2.09. The maximum absolute atomic E-state index is 10.9. The number of halogens is 1. The fourth-order valence-corrected chi connectivity index (χ4v) is 0.613. The Morgan fingerprint density at radius 1 is 1.62 bits per heavy atom. The van der Waals surface area contributed by atoms with Crippen molar-refractivity contribution in [1.29, 1.82) is 0 Å². The van der Waals surface area contributed by atoms with Crippen molar-refractivity contribution in [3.05, 3.63) is 11.8 Å². The van der Waals surface area contributed by atoms with Gasteiger partial charge in [0, 0.05) is 6.08 Å². The Morgan fingerprint density at radius 2 is 2.15 bits per heavy atom. The Bertz CT molecular complexity index is 232. The highest BCUT2D eigenvalue weighted by molar-refractivity contribution is 6.32. The predicted octanol–water partition coefficient (Wildman–Crippen LogP) is 1.19. The molecule has 1 N–H and O–H groups in total. The Kier molecular flexibility index (Phi) is 5.14. The van der Waals surface area contributed by atoms with Crippen molar-refractivity contribution in [1.82, 2.24) is 0 Å². The molecule has 1 atom stereocenters. The summed E-state index contributed by atoms with van der Waals surface area (Å²) in [6.07, 6.45) is 0.612. The summed E-state index contributed by atoms with van der Waals surface area (Å²) in [6, 6.07) is 0. The summed E-state index contributed by atoms with van der Waals surface area (Å²) in [4.78, 5) is 21.5. The molecule has 13 heavy (non-hydrogen) atoms. The monoisotopic (exact) mass is 206 g/mol. The van der Waals surface area contributed by atoms with E-state index in [0.717, 1.165) is 6.08 Å². The van der Waals surface area contributed by atoms with Crippen molar-refractivity contribution in [3.63, 3.8) is 0 Å². The van der Waals surface area contributed by atoms with Crippen LogP contribution in [0.2, 0.25) is 0 Å². The van der Waals surface area contributed by atoms with Gasteiger partial charge in [-0.2, -0.15) is 0 Å². The third-order valence-electron chi connectivity index (χ3n) is 1.25. The van der Waals surface area contributed by atoms with Crippen LogP contribution >= 0.6 is 11.6 Å². The second-order valence-corrected chi connectivity index (χ2v) is 3.06. The molecule has 0 amide bonds. The van der Waals surface area contributed by atoms with Crippen molar-refractivity contribution in [2.24, 2.45) is 0 Å². The highest BCUT2D eigenvalue weighted by atomic mass is 35.5. The van der Waals surface area contributed by atoms with E-state index in [9.17, 15) is 9.59 Å². The van der Waals surface area contributed by atoms with Gasteiger partial charge in [-0.25, -0.2) is 0 Å². The summed E-state index contributed by atoms with van der Waals surface area (Å²) in [5.74, 6) is -1.39. The SMILES string of the molecule is COC(=O)C/C(O)=C/C(=O)C(C)Cl. The van der Waals surface area contributed by atoms with Gasteiger partial charge in [-0.05, 0) is 6.92 Å². The topological polar surface area (TPSA) is 63.6 Å². The zero-order chi connectivity index (χ0) is 10.4. The zero-order valence-electron chi connectivity index (χ0n) is 7.41. The second-order valence-electron chi connectivity index (χ2n) is 2.41. The predicted molar refractivity (Wildman–Crippen MR) is 47.7 cm³/mol. The van der Waals surface area contributed by atoms with Gasteiger partial charge in [-0.3, -0.25) is 9.59 Å². The zero-order valence-corrected chi connectivity index (χ0v) is 8.17. The van der Waals surface area contributed by atoms with Crippen LogP contribution in [0.3, 0.4) is 0 Å². The first-order chi connectivity index (χ1) is 5.97. The summed E-state index contributed by atoms with van der Waals surface area (Å²) in [5, 5.41) is 8.34. The maximum atomic E-state index is 10.9. The van der Waals surface area contributed by atoms with E-state index >= 15 is 0 Å². The van der Waals surface area contributed by atoms with E-state index in [1.807, 2.05) is 0 Å². The van der Waals surface area contributed by atoms with Crippen LogP contribution < -0.4 is 0 Å². The van der Waals surface area contributed by atoms with Gasteiger partial charge in [-0.15, -0.1) is 11.6 Å². The molecule has 0 heterocycles. The Balaban J connectivity index is 4.17. The smallest absolute Gasteiger partial charge is 0.313 e. The molecule has 0 aliphatic heterocycles. The number of esters is 1. The third kappa shape index (κ3) is 5.25. The van der Waals surface area contributed by atoms with E-state index < -0.39 is 17.1 Å². The van der Waals surface area contributed by atoms with E-state index in [-0.39, 0.29) is 12.2 Å². The lowest BCUT2D eigenvalue weighted by Gasteiger charge is -1.99. The molecule has 5 heteroatoms. The van der Waals surface area contributed by atoms with E-state index in [1.54, 1.807) is 0 Å². The number of rotatable bonds is 4. The minimum atomic E-state index is -0.709. The number of allylic oxidation sites excluding steroid dienone is 1. The van der Waals surface area contributed by atoms with Crippen LogP contribution in [0.15, 0.2) is 11.8 Å². The van der Waals surface area contributed by atoms with Gasteiger partial charge in [0.25, 0.3) is 0 Å². The minimum absolute atomic E-state index is 0.314. The first kappa shape index (κ1) is 12.0. The summed E-state index contributed by atoms with van der Waals surface area (Å²) in [7, 11) is 1.20. The molecule has 0 aliphatic rings. The number of aliphatic hydroxyl groups excluding tert-OH is 1. The Morgan fingerprint density at radius 3 is 2.54 bits per heavy atom. The van der Waals surface area contributed by atoms with Gasteiger partial charge < -0.3 is 9.84 Å². The standard InChI is InChI=1S/C8H11ClO4/c1-5(9)7(11)3-6(10)4-8(12)13-2/h3,5,10H,4H2,1-2H3/b6-3-. The summed E-state index contributed by atoms with van der Waals surface area (Å²) >= 11 is 5.42. The average molecular weight is 207 g/mol. The molecular formula is C8H11ClO4. The molecular weight excluding hydrogens is 196 g/mol. The number of carbonyl (C=O) groups is 2. The molecule has 0 fully saturated rings. The molecule has 0 aromatic heterocycles. The van der Waals surface area contributed by atoms with Crippen molar-refractivity contribution in [3.8, 4) is 0 Å². The van der Waals surface area contributed by atoms with Crippen LogP contribution in [0.25, 0.3) is 0 Å². The van der Waals surface area contributed by atoms with Gasteiger partial charge >= 0.3 is 5.97 Å². The number of carbonyl (C=O) groups excluding carboxylic acids is 2. The first-order valence-electron chi connectivity index (χ1n) is 3.61. The minimum Gasteiger partial charge on any atom is -0.512 e. The van der Waals surface area contributed by atoms with E-state index in [2.05, 4.69) is 4.74 Å². The molecule has 0 aromatic carbocycles. The van der Waals surface area contributed by atoms with Gasteiger partial charge in [0.2, 0.25) is 0 Å². The lowest BCUT2D eigenvalue weighted by molar-refractivity contribution is -0.140. The molecule has 1 unspecified atom stereocenters. The average Bonchev–Trinajstić information content (AvgIpc) is 2.03. The van der Waals surface area contributed by atoms with Crippen molar-refractivity contribution in [2.75, 3.05) is 7.11 Å². The molecule has 0 aromatic rings. The van der Waals surface area contributed by atoms with Gasteiger partial charge in [0.05, 0.1) is 12.5 Å². The maximum Gasteiger partial charge on any atom is 0.313 e. The number of hydrogen-bond donors (Lipinski definition) is 1. The second kappa shape index (κ2) is 5.59. The molecule has 0 spiro atoms. The fourth-order valence-electron chi connectivity index (χ4n) is 0.550. The highest BCUT2D eigenvalue weighted by Crippen LogP contribution is 2.02. The van der Waals surface area contributed by atoms with Crippen LogP contribution in [-0.4, -0.2) is 29.3 Å². The number of hydrogen-bond acceptors (Lipinski definition) is 4. The van der Waals surface area contributed by atoms with E-state index in [0.29, 0.717) is 0 Å². The number of alkyl halides is 1. The van der Waals surface area contributed by atoms with Crippen LogP contribution in [0.1, 0.15) is 13.3 Å². The van der Waals surface area contributed by atoms with Crippen molar-refractivity contribution in [2.45, 2.75) is 18.7 Å². The van der Waals surface area contributed by atoms with Crippen LogP contribution in [0.4, 0.5) is 0 Å². The molecule has 0 saturated heterocycles. The largest absolute Gasteiger partial charge is 0.512 e. The molecule has 0 bridgehead atoms. The number of ketones is 1. The van der Waals surface area contributed by atoms with Gasteiger partial charge in [0.1, 0.15) is 12.2 Å². The van der Waals surface area contributed by atoms with Crippen LogP contribution in [0, 0.1) is 0 Å². The van der Waals surface area contributed by atoms with Crippen LogP contribution in [0.5, 0.6) is 0 Å². The highest BCUT2D eigenvalue weighted by Gasteiger charge is 2.10. The molecule has 4 nitrogen and oxygen atoms in total.